The first kappa shape index (κ1) is 13.0. The van der Waals surface area contributed by atoms with Crippen molar-refractivity contribution < 1.29 is 9.47 Å². The van der Waals surface area contributed by atoms with Crippen LogP contribution in [-0.4, -0.2) is 23.3 Å². The summed E-state index contributed by atoms with van der Waals surface area (Å²) in [6.45, 7) is 0.623. The van der Waals surface area contributed by atoms with Gasteiger partial charge in [-0.2, -0.15) is 0 Å². The van der Waals surface area contributed by atoms with Crippen LogP contribution in [0, 0.1) is 0 Å². The quantitative estimate of drug-likeness (QED) is 0.789. The number of benzene rings is 1. The maximum atomic E-state index is 5.92. The van der Waals surface area contributed by atoms with Crippen LogP contribution in [0.15, 0.2) is 42.9 Å². The first-order valence-electron chi connectivity index (χ1n) is 7.26. The molecule has 1 aliphatic heterocycles. The summed E-state index contributed by atoms with van der Waals surface area (Å²) >= 11 is 0. The van der Waals surface area contributed by atoms with Crippen LogP contribution >= 0.6 is 0 Å². The van der Waals surface area contributed by atoms with Crippen molar-refractivity contribution in [1.82, 2.24) is 9.55 Å². The summed E-state index contributed by atoms with van der Waals surface area (Å²) in [7, 11) is 1.67. The molecule has 5 nitrogen and oxygen atoms in total. The van der Waals surface area contributed by atoms with Crippen molar-refractivity contribution in [1.29, 1.82) is 0 Å². The molecule has 5 heteroatoms. The number of ether oxygens (including phenoxy) is 2. The van der Waals surface area contributed by atoms with Gasteiger partial charge in [0.25, 0.3) is 0 Å². The van der Waals surface area contributed by atoms with Gasteiger partial charge >= 0.3 is 0 Å². The molecular weight excluding hydrogens is 278 g/mol. The van der Waals surface area contributed by atoms with Crippen molar-refractivity contribution in [2.45, 2.75) is 12.5 Å². The lowest BCUT2D eigenvalue weighted by Crippen LogP contribution is -2.23. The first-order valence-corrected chi connectivity index (χ1v) is 7.26. The van der Waals surface area contributed by atoms with Gasteiger partial charge in [-0.3, -0.25) is 4.98 Å². The summed E-state index contributed by atoms with van der Waals surface area (Å²) in [6.07, 6.45) is 6.64. The van der Waals surface area contributed by atoms with E-state index in [0.29, 0.717) is 6.61 Å². The molecule has 3 heterocycles. The van der Waals surface area contributed by atoms with Gasteiger partial charge < -0.3 is 19.8 Å². The van der Waals surface area contributed by atoms with Crippen LogP contribution in [0.3, 0.4) is 0 Å². The molecule has 4 rings (SSSR count). The normalized spacial score (nSPS) is 17.0. The number of fused-ring (bicyclic) bond motifs is 3. The van der Waals surface area contributed by atoms with E-state index in [9.17, 15) is 0 Å². The number of rotatable bonds is 2. The van der Waals surface area contributed by atoms with Crippen molar-refractivity contribution in [2.75, 3.05) is 19.5 Å². The topological polar surface area (TPSA) is 62.3 Å². The minimum atomic E-state index is 0.238. The van der Waals surface area contributed by atoms with E-state index in [4.69, 9.17) is 15.2 Å². The predicted molar refractivity (Wildman–Crippen MR) is 85.4 cm³/mol. The number of anilines is 1. The molecule has 2 aromatic heterocycles. The van der Waals surface area contributed by atoms with E-state index in [1.165, 1.54) is 5.56 Å². The van der Waals surface area contributed by atoms with Gasteiger partial charge in [-0.1, -0.05) is 0 Å². The third-order valence-electron chi connectivity index (χ3n) is 4.18. The fraction of sp³-hybridized carbons (Fsp3) is 0.235. The van der Waals surface area contributed by atoms with Crippen LogP contribution in [0.4, 0.5) is 5.69 Å². The molecule has 22 heavy (non-hydrogen) atoms. The van der Waals surface area contributed by atoms with Crippen LogP contribution in [0.2, 0.25) is 0 Å². The molecule has 0 spiro atoms. The minimum absolute atomic E-state index is 0.238. The van der Waals surface area contributed by atoms with Crippen molar-refractivity contribution in [3.8, 4) is 11.5 Å². The number of hydrogen-bond acceptors (Lipinski definition) is 4. The molecule has 1 aromatic carbocycles. The van der Waals surface area contributed by atoms with Crippen molar-refractivity contribution in [2.24, 2.45) is 0 Å². The molecule has 0 saturated carbocycles. The van der Waals surface area contributed by atoms with E-state index in [-0.39, 0.29) is 6.04 Å². The van der Waals surface area contributed by atoms with Crippen LogP contribution in [0.5, 0.6) is 11.5 Å². The largest absolute Gasteiger partial charge is 0.497 e. The third kappa shape index (κ3) is 2.06. The van der Waals surface area contributed by atoms with Crippen molar-refractivity contribution >= 4 is 16.6 Å². The predicted octanol–water partition coefficient (Wildman–Crippen LogP) is 2.80. The summed E-state index contributed by atoms with van der Waals surface area (Å²) in [6, 6.07) is 8.07. The van der Waals surface area contributed by atoms with Crippen LogP contribution < -0.4 is 15.2 Å². The zero-order chi connectivity index (χ0) is 15.1. The summed E-state index contributed by atoms with van der Waals surface area (Å²) in [4.78, 5) is 4.46. The average molecular weight is 295 g/mol. The van der Waals surface area contributed by atoms with Crippen molar-refractivity contribution in [3.63, 3.8) is 0 Å². The minimum Gasteiger partial charge on any atom is -0.497 e. The Balaban J connectivity index is 1.80. The molecule has 0 bridgehead atoms. The standard InChI is InChI=1S/C17H17N3O2/c1-21-13-2-3-16-14(7-13)15-6-12(10-22-17(15)8-19-16)20-5-4-11(18)9-20/h2-5,7-9,12H,6,10,18H2,1H3. The number of nitrogens with two attached hydrogens (primary N) is 1. The molecule has 3 aromatic rings. The highest BCUT2D eigenvalue weighted by Crippen LogP contribution is 2.35. The maximum Gasteiger partial charge on any atom is 0.141 e. The smallest absolute Gasteiger partial charge is 0.141 e. The lowest BCUT2D eigenvalue weighted by molar-refractivity contribution is 0.224. The zero-order valence-corrected chi connectivity index (χ0v) is 12.3. The van der Waals surface area contributed by atoms with Gasteiger partial charge in [-0.25, -0.2) is 0 Å². The first-order chi connectivity index (χ1) is 10.7. The van der Waals surface area contributed by atoms with Crippen LogP contribution in [-0.2, 0) is 6.42 Å². The van der Waals surface area contributed by atoms with Gasteiger partial charge in [-0.05, 0) is 24.3 Å². The maximum absolute atomic E-state index is 5.92. The molecule has 0 aliphatic carbocycles. The third-order valence-corrected chi connectivity index (χ3v) is 4.18. The Bertz CT molecular complexity index is 836. The number of nitrogen functional groups attached to an aromatic ring is 1. The average Bonchev–Trinajstić information content (AvgIpc) is 3.00. The zero-order valence-electron chi connectivity index (χ0n) is 12.3. The second-order valence-corrected chi connectivity index (χ2v) is 5.55. The summed E-state index contributed by atoms with van der Waals surface area (Å²) < 4.78 is 13.4. The molecule has 0 amide bonds. The highest BCUT2D eigenvalue weighted by Gasteiger charge is 2.23. The molecular formula is C17H17N3O2. The Kier molecular flexibility index (Phi) is 2.92. The van der Waals surface area contributed by atoms with E-state index in [0.717, 1.165) is 34.5 Å². The highest BCUT2D eigenvalue weighted by atomic mass is 16.5. The van der Waals surface area contributed by atoms with Gasteiger partial charge in [0.1, 0.15) is 18.1 Å². The number of nitrogens with zero attached hydrogens (tertiary/aromatic N) is 2. The molecule has 0 radical (unpaired) electrons. The monoisotopic (exact) mass is 295 g/mol. The molecule has 0 saturated heterocycles. The highest BCUT2D eigenvalue weighted by molar-refractivity contribution is 5.85. The van der Waals surface area contributed by atoms with Gasteiger partial charge in [-0.15, -0.1) is 0 Å². The van der Waals surface area contributed by atoms with Crippen LogP contribution in [0.1, 0.15) is 11.6 Å². The van der Waals surface area contributed by atoms with E-state index < -0.39 is 0 Å². The Morgan fingerprint density at radius 3 is 3.05 bits per heavy atom. The fourth-order valence-electron chi connectivity index (χ4n) is 3.00. The lowest BCUT2D eigenvalue weighted by atomic mass is 9.98. The summed E-state index contributed by atoms with van der Waals surface area (Å²) in [5.41, 5.74) is 8.72. The number of pyridine rings is 1. The summed E-state index contributed by atoms with van der Waals surface area (Å²) in [5.74, 6) is 1.69. The van der Waals surface area contributed by atoms with E-state index in [2.05, 4.69) is 9.55 Å². The molecule has 1 aliphatic rings. The van der Waals surface area contributed by atoms with Gasteiger partial charge in [0.2, 0.25) is 0 Å². The second-order valence-electron chi connectivity index (χ2n) is 5.55. The second kappa shape index (κ2) is 4.94. The molecule has 2 N–H and O–H groups in total. The molecule has 112 valence electrons. The number of methoxy groups -OCH3 is 1. The van der Waals surface area contributed by atoms with Gasteiger partial charge in [0, 0.05) is 35.5 Å². The van der Waals surface area contributed by atoms with E-state index in [1.54, 1.807) is 7.11 Å². The van der Waals surface area contributed by atoms with E-state index >= 15 is 0 Å². The Hall–Kier alpha value is -2.69. The molecule has 0 fully saturated rings. The van der Waals surface area contributed by atoms with Gasteiger partial charge in [0.05, 0.1) is 24.9 Å². The van der Waals surface area contributed by atoms with Crippen molar-refractivity contribution in [3.05, 3.63) is 48.4 Å². The molecule has 1 unspecified atom stereocenters. The van der Waals surface area contributed by atoms with Gasteiger partial charge in [0.15, 0.2) is 0 Å². The Morgan fingerprint density at radius 2 is 2.27 bits per heavy atom. The lowest BCUT2D eigenvalue weighted by Gasteiger charge is -2.27. The number of aromatic nitrogens is 2. The number of hydrogen-bond donors (Lipinski definition) is 1. The molecule has 1 atom stereocenters. The SMILES string of the molecule is COc1ccc2ncc3c(c2c1)CC(n1ccc(N)c1)CO3. The Morgan fingerprint density at radius 1 is 1.36 bits per heavy atom. The van der Waals surface area contributed by atoms with Crippen LogP contribution in [0.25, 0.3) is 10.9 Å². The Labute approximate surface area is 128 Å². The fourth-order valence-corrected chi connectivity index (χ4v) is 3.00. The summed E-state index contributed by atoms with van der Waals surface area (Å²) in [5, 5.41) is 1.08. The van der Waals surface area contributed by atoms with E-state index in [1.807, 2.05) is 42.9 Å².